The van der Waals surface area contributed by atoms with E-state index in [0.717, 1.165) is 10.4 Å². The Bertz CT molecular complexity index is 794. The largest absolute Gasteiger partial charge is 0.398 e. The highest BCUT2D eigenvalue weighted by Gasteiger charge is 2.24. The number of halogens is 2. The fourth-order valence-electron chi connectivity index (χ4n) is 1.90. The molecule has 0 heterocycles. The highest BCUT2D eigenvalue weighted by Crippen LogP contribution is 2.30. The number of hydrogen-bond acceptors (Lipinski definition) is 3. The van der Waals surface area contributed by atoms with Crippen molar-refractivity contribution >= 4 is 37.3 Å². The lowest BCUT2D eigenvalue weighted by molar-refractivity contribution is 0.593. The number of nitrogens with zero attached hydrogens (tertiary/aromatic N) is 1. The van der Waals surface area contributed by atoms with Crippen LogP contribution in [0.1, 0.15) is 5.56 Å². The van der Waals surface area contributed by atoms with Gasteiger partial charge in [-0.05, 0) is 58.7 Å². The van der Waals surface area contributed by atoms with Crippen molar-refractivity contribution in [3.63, 3.8) is 0 Å². The molecule has 0 aliphatic rings. The van der Waals surface area contributed by atoms with E-state index >= 15 is 0 Å². The first kappa shape index (κ1) is 15.8. The normalized spacial score (nSPS) is 11.4. The average Bonchev–Trinajstić information content (AvgIpc) is 2.41. The van der Waals surface area contributed by atoms with E-state index in [4.69, 9.17) is 5.73 Å². The van der Waals surface area contributed by atoms with Crippen molar-refractivity contribution in [3.05, 3.63) is 52.3 Å². The number of nitrogens with two attached hydrogens (primary N) is 1. The summed E-state index contributed by atoms with van der Waals surface area (Å²) >= 11 is 3.26. The molecule has 21 heavy (non-hydrogen) atoms. The Labute approximate surface area is 131 Å². The summed E-state index contributed by atoms with van der Waals surface area (Å²) in [4.78, 5) is 0.0926. The Morgan fingerprint density at radius 2 is 1.90 bits per heavy atom. The van der Waals surface area contributed by atoms with Crippen molar-refractivity contribution in [1.29, 1.82) is 0 Å². The van der Waals surface area contributed by atoms with E-state index in [0.29, 0.717) is 15.7 Å². The van der Waals surface area contributed by atoms with Gasteiger partial charge >= 0.3 is 0 Å². The van der Waals surface area contributed by atoms with Crippen molar-refractivity contribution < 1.29 is 12.8 Å². The van der Waals surface area contributed by atoms with E-state index in [1.165, 1.54) is 31.3 Å². The summed E-state index contributed by atoms with van der Waals surface area (Å²) < 4.78 is 40.3. The zero-order valence-electron chi connectivity index (χ0n) is 11.5. The number of aryl methyl sites for hydroxylation is 1. The topological polar surface area (TPSA) is 63.4 Å². The maximum absolute atomic E-state index is 13.3. The molecule has 0 amide bonds. The van der Waals surface area contributed by atoms with Gasteiger partial charge < -0.3 is 5.73 Å². The number of benzene rings is 2. The van der Waals surface area contributed by atoms with Crippen molar-refractivity contribution in [3.8, 4) is 0 Å². The second kappa shape index (κ2) is 5.65. The highest BCUT2D eigenvalue weighted by atomic mass is 79.9. The lowest BCUT2D eigenvalue weighted by atomic mass is 10.2. The highest BCUT2D eigenvalue weighted by molar-refractivity contribution is 9.10. The molecule has 0 saturated heterocycles. The lowest BCUT2D eigenvalue weighted by Gasteiger charge is -2.21. The lowest BCUT2D eigenvalue weighted by Crippen LogP contribution is -2.27. The molecule has 0 spiro atoms. The molecule has 0 fully saturated rings. The van der Waals surface area contributed by atoms with Gasteiger partial charge in [0.25, 0.3) is 10.0 Å². The maximum atomic E-state index is 13.3. The minimum atomic E-state index is -3.81. The third-order valence-corrected chi connectivity index (χ3v) is 5.72. The first-order valence-electron chi connectivity index (χ1n) is 6.03. The van der Waals surface area contributed by atoms with Crippen molar-refractivity contribution in [2.24, 2.45) is 0 Å². The second-order valence-electron chi connectivity index (χ2n) is 4.59. The Kier molecular flexibility index (Phi) is 4.25. The molecule has 2 rings (SSSR count). The van der Waals surface area contributed by atoms with Crippen LogP contribution in [0.25, 0.3) is 0 Å². The number of hydrogen-bond donors (Lipinski definition) is 1. The van der Waals surface area contributed by atoms with E-state index in [-0.39, 0.29) is 10.6 Å². The smallest absolute Gasteiger partial charge is 0.264 e. The third-order valence-electron chi connectivity index (χ3n) is 3.10. The fraction of sp³-hybridized carbons (Fsp3) is 0.143. The summed E-state index contributed by atoms with van der Waals surface area (Å²) in [5.41, 5.74) is 6.89. The molecule has 112 valence electrons. The minimum Gasteiger partial charge on any atom is -0.398 e. The molecule has 2 aromatic carbocycles. The maximum Gasteiger partial charge on any atom is 0.264 e. The molecule has 0 unspecified atom stereocenters. The minimum absolute atomic E-state index is 0.0926. The van der Waals surface area contributed by atoms with E-state index < -0.39 is 15.8 Å². The van der Waals surface area contributed by atoms with Crippen LogP contribution in [0, 0.1) is 12.7 Å². The molecule has 0 aliphatic carbocycles. The number of anilines is 2. The van der Waals surface area contributed by atoms with Crippen LogP contribution in [0.4, 0.5) is 15.8 Å². The van der Waals surface area contributed by atoms with Gasteiger partial charge in [-0.25, -0.2) is 12.8 Å². The predicted octanol–water partition coefficient (Wildman–Crippen LogP) is 3.30. The zero-order chi connectivity index (χ0) is 15.8. The monoisotopic (exact) mass is 372 g/mol. The van der Waals surface area contributed by atoms with Crippen LogP contribution in [-0.4, -0.2) is 15.5 Å². The van der Waals surface area contributed by atoms with Gasteiger partial charge in [0.15, 0.2) is 0 Å². The van der Waals surface area contributed by atoms with Crippen LogP contribution in [0.2, 0.25) is 0 Å². The van der Waals surface area contributed by atoms with Gasteiger partial charge in [0.05, 0.1) is 10.6 Å². The van der Waals surface area contributed by atoms with E-state index in [2.05, 4.69) is 15.9 Å². The van der Waals surface area contributed by atoms with Gasteiger partial charge in [-0.2, -0.15) is 0 Å². The molecule has 2 N–H and O–H groups in total. The third kappa shape index (κ3) is 3.03. The fourth-order valence-corrected chi connectivity index (χ4v) is 3.79. The standard InChI is InChI=1S/C14H14BrFN2O2S/c1-9-6-12(15)13(17)8-14(9)21(19,20)18(2)11-5-3-4-10(16)7-11/h3-8H,17H2,1-2H3. The Morgan fingerprint density at radius 1 is 1.24 bits per heavy atom. The first-order chi connectivity index (χ1) is 9.73. The SMILES string of the molecule is Cc1cc(Br)c(N)cc1S(=O)(=O)N(C)c1cccc(F)c1. The first-order valence-corrected chi connectivity index (χ1v) is 8.27. The van der Waals surface area contributed by atoms with E-state index in [9.17, 15) is 12.8 Å². The molecule has 0 saturated carbocycles. The molecule has 0 radical (unpaired) electrons. The van der Waals surface area contributed by atoms with Gasteiger partial charge in [0.2, 0.25) is 0 Å². The van der Waals surface area contributed by atoms with Crippen LogP contribution in [0.5, 0.6) is 0 Å². The summed E-state index contributed by atoms with van der Waals surface area (Å²) in [6.45, 7) is 1.68. The summed E-state index contributed by atoms with van der Waals surface area (Å²) in [6, 6.07) is 8.44. The molecule has 0 atom stereocenters. The molecule has 7 heteroatoms. The molecule has 0 aliphatic heterocycles. The van der Waals surface area contributed by atoms with Crippen LogP contribution in [-0.2, 0) is 10.0 Å². The van der Waals surface area contributed by atoms with Gasteiger partial charge in [-0.1, -0.05) is 6.07 Å². The molecule has 2 aromatic rings. The summed E-state index contributed by atoms with van der Waals surface area (Å²) in [6.07, 6.45) is 0. The van der Waals surface area contributed by atoms with Crippen LogP contribution < -0.4 is 10.0 Å². The van der Waals surface area contributed by atoms with Crippen molar-refractivity contribution in [1.82, 2.24) is 0 Å². The van der Waals surface area contributed by atoms with Crippen molar-refractivity contribution in [2.45, 2.75) is 11.8 Å². The molecular weight excluding hydrogens is 359 g/mol. The summed E-state index contributed by atoms with van der Waals surface area (Å²) in [5.74, 6) is -0.499. The van der Waals surface area contributed by atoms with Crippen LogP contribution >= 0.6 is 15.9 Å². The molecular formula is C14H14BrFN2O2S. The quantitative estimate of drug-likeness (QED) is 0.840. The van der Waals surface area contributed by atoms with Gasteiger partial charge in [-0.15, -0.1) is 0 Å². The van der Waals surface area contributed by atoms with E-state index in [1.54, 1.807) is 13.0 Å². The van der Waals surface area contributed by atoms with Gasteiger partial charge in [0, 0.05) is 17.2 Å². The number of sulfonamides is 1. The molecule has 4 nitrogen and oxygen atoms in total. The summed E-state index contributed by atoms with van der Waals surface area (Å²) in [5, 5.41) is 0. The molecule has 0 bridgehead atoms. The second-order valence-corrected chi connectivity index (χ2v) is 7.38. The zero-order valence-corrected chi connectivity index (χ0v) is 13.9. The van der Waals surface area contributed by atoms with Crippen LogP contribution in [0.15, 0.2) is 45.8 Å². The number of nitrogen functional groups attached to an aromatic ring is 1. The average molecular weight is 373 g/mol. The Balaban J connectivity index is 2.54. The van der Waals surface area contributed by atoms with Gasteiger partial charge in [-0.3, -0.25) is 4.31 Å². The molecule has 0 aromatic heterocycles. The Morgan fingerprint density at radius 3 is 2.52 bits per heavy atom. The Hall–Kier alpha value is -1.60. The van der Waals surface area contributed by atoms with Crippen molar-refractivity contribution in [2.75, 3.05) is 17.1 Å². The predicted molar refractivity (Wildman–Crippen MR) is 85.3 cm³/mol. The van der Waals surface area contributed by atoms with Crippen LogP contribution in [0.3, 0.4) is 0 Å². The van der Waals surface area contributed by atoms with E-state index in [1.807, 2.05) is 0 Å². The number of rotatable bonds is 3. The summed E-state index contributed by atoms with van der Waals surface area (Å²) in [7, 11) is -2.44. The van der Waals surface area contributed by atoms with Gasteiger partial charge in [0.1, 0.15) is 5.82 Å².